The Balaban J connectivity index is 1.27. The van der Waals surface area contributed by atoms with Gasteiger partial charge in [0.15, 0.2) is 11.6 Å². The molecule has 0 aliphatic carbocycles. The van der Waals surface area contributed by atoms with Crippen molar-refractivity contribution < 1.29 is 19.1 Å². The van der Waals surface area contributed by atoms with Gasteiger partial charge in [-0.25, -0.2) is 4.39 Å². The number of anilines is 1. The maximum atomic E-state index is 13.6. The highest BCUT2D eigenvalue weighted by molar-refractivity contribution is 7.99. The number of nitrogens with one attached hydrogen (secondary N) is 2. The van der Waals surface area contributed by atoms with Crippen LogP contribution in [0.1, 0.15) is 26.3 Å². The number of carbonyl (C=O) groups excluding carboxylic acids is 2. The largest absolute Gasteiger partial charge is 0.505 e. The van der Waals surface area contributed by atoms with Crippen LogP contribution in [0.3, 0.4) is 0 Å². The maximum absolute atomic E-state index is 13.6. The van der Waals surface area contributed by atoms with Crippen molar-refractivity contribution >= 4 is 29.3 Å². The number of aromatic hydroxyl groups is 1. The van der Waals surface area contributed by atoms with E-state index in [1.807, 2.05) is 24.3 Å². The molecule has 0 radical (unpaired) electrons. The summed E-state index contributed by atoms with van der Waals surface area (Å²) in [4.78, 5) is 31.3. The number of carbonyl (C=O) groups is 2. The summed E-state index contributed by atoms with van der Waals surface area (Å²) in [6.07, 6.45) is 1.60. The second kappa shape index (κ2) is 8.99. The second-order valence-corrected chi connectivity index (χ2v) is 8.75. The lowest BCUT2D eigenvalue weighted by Crippen LogP contribution is -2.23. The monoisotopic (exact) mass is 471 g/mol. The normalized spacial score (nSPS) is 12.2. The quantitative estimate of drug-likeness (QED) is 0.379. The number of phenolic OH excluding ortho intramolecular Hbond substituents is 1. The Hall–Kier alpha value is -4.17. The van der Waals surface area contributed by atoms with Crippen LogP contribution in [0.5, 0.6) is 5.75 Å². The number of hydrogen-bond acceptors (Lipinski definition) is 5. The van der Waals surface area contributed by atoms with Gasteiger partial charge in [-0.2, -0.15) is 0 Å². The lowest BCUT2D eigenvalue weighted by Gasteiger charge is -2.10. The lowest BCUT2D eigenvalue weighted by molar-refractivity contribution is 0.0949. The Morgan fingerprint density at radius 1 is 1.03 bits per heavy atom. The van der Waals surface area contributed by atoms with Crippen LogP contribution in [0.4, 0.5) is 10.1 Å². The van der Waals surface area contributed by atoms with Crippen LogP contribution in [-0.4, -0.2) is 21.9 Å². The second-order valence-electron chi connectivity index (χ2n) is 7.66. The van der Waals surface area contributed by atoms with Gasteiger partial charge in [0.25, 0.3) is 11.8 Å². The third-order valence-corrected chi connectivity index (χ3v) is 6.51. The topological polar surface area (TPSA) is 91.3 Å². The number of rotatable bonds is 4. The molecule has 3 aromatic carbocycles. The molecule has 0 atom stereocenters. The molecule has 0 unspecified atom stereocenters. The number of phenols is 1. The summed E-state index contributed by atoms with van der Waals surface area (Å²) in [5.74, 6) is -1.62. The van der Waals surface area contributed by atoms with E-state index in [2.05, 4.69) is 15.6 Å². The number of halogens is 1. The van der Waals surface area contributed by atoms with Crippen molar-refractivity contribution in [1.29, 1.82) is 0 Å². The van der Waals surface area contributed by atoms with E-state index in [0.29, 0.717) is 28.1 Å². The van der Waals surface area contributed by atoms with E-state index in [9.17, 15) is 19.1 Å². The summed E-state index contributed by atoms with van der Waals surface area (Å²) in [5.41, 5.74) is 3.47. The number of aromatic nitrogens is 1. The number of amides is 2. The van der Waals surface area contributed by atoms with E-state index in [1.165, 1.54) is 23.9 Å². The van der Waals surface area contributed by atoms with Crippen molar-refractivity contribution in [3.05, 3.63) is 102 Å². The van der Waals surface area contributed by atoms with Gasteiger partial charge in [-0.15, -0.1) is 0 Å². The van der Waals surface area contributed by atoms with Crippen molar-refractivity contribution in [2.24, 2.45) is 0 Å². The highest BCUT2D eigenvalue weighted by atomic mass is 32.2. The standard InChI is InChI=1S/C26H18FN3O3S/c27-19-11-16(6-9-22(19)31)20-8-5-15(13-28-20)14-29-25(32)17-7-10-24-21(12-17)30-26(33)18-3-1-2-4-23(18)34-24/h1-13,31H,14H2,(H,29,32)(H,30,33). The smallest absolute Gasteiger partial charge is 0.256 e. The minimum Gasteiger partial charge on any atom is -0.505 e. The molecule has 0 fully saturated rings. The van der Waals surface area contributed by atoms with Gasteiger partial charge in [-0.05, 0) is 60.2 Å². The third kappa shape index (κ3) is 4.35. The molecular weight excluding hydrogens is 453 g/mol. The van der Waals surface area contributed by atoms with Crippen LogP contribution >= 0.6 is 11.8 Å². The summed E-state index contributed by atoms with van der Waals surface area (Å²) in [5, 5.41) is 15.1. The molecule has 3 N–H and O–H groups in total. The molecule has 34 heavy (non-hydrogen) atoms. The lowest BCUT2D eigenvalue weighted by atomic mass is 10.1. The fourth-order valence-electron chi connectivity index (χ4n) is 3.56. The zero-order valence-corrected chi connectivity index (χ0v) is 18.5. The number of pyridine rings is 1. The molecule has 2 amide bonds. The van der Waals surface area contributed by atoms with Crippen molar-refractivity contribution in [1.82, 2.24) is 10.3 Å². The van der Waals surface area contributed by atoms with Crippen molar-refractivity contribution in [2.45, 2.75) is 16.3 Å². The van der Waals surface area contributed by atoms with Gasteiger partial charge in [0, 0.05) is 33.7 Å². The fraction of sp³-hybridized carbons (Fsp3) is 0.0385. The predicted octanol–water partition coefficient (Wildman–Crippen LogP) is 5.24. The van der Waals surface area contributed by atoms with Crippen LogP contribution in [0.25, 0.3) is 11.3 Å². The maximum Gasteiger partial charge on any atom is 0.256 e. The molecule has 2 heterocycles. The number of hydrogen-bond donors (Lipinski definition) is 3. The van der Waals surface area contributed by atoms with Crippen molar-refractivity contribution in [3.8, 4) is 17.0 Å². The van der Waals surface area contributed by atoms with Crippen LogP contribution in [0, 0.1) is 5.82 Å². The Morgan fingerprint density at radius 2 is 1.88 bits per heavy atom. The molecular formula is C26H18FN3O3S. The summed E-state index contributed by atoms with van der Waals surface area (Å²) in [6.45, 7) is 0.250. The summed E-state index contributed by atoms with van der Waals surface area (Å²) in [7, 11) is 0. The van der Waals surface area contributed by atoms with E-state index in [1.54, 1.807) is 42.6 Å². The van der Waals surface area contributed by atoms with Gasteiger partial charge < -0.3 is 15.7 Å². The first kappa shape index (κ1) is 21.7. The number of fused-ring (bicyclic) bond motifs is 2. The molecule has 6 nitrogen and oxygen atoms in total. The molecule has 0 spiro atoms. The Morgan fingerprint density at radius 3 is 2.68 bits per heavy atom. The Kier molecular flexibility index (Phi) is 5.73. The molecule has 5 rings (SSSR count). The minimum absolute atomic E-state index is 0.209. The summed E-state index contributed by atoms with van der Waals surface area (Å²) < 4.78 is 13.6. The molecule has 1 aliphatic heterocycles. The van der Waals surface area contributed by atoms with Crippen LogP contribution in [0.15, 0.2) is 88.8 Å². The number of nitrogens with zero attached hydrogens (tertiary/aromatic N) is 1. The van der Waals surface area contributed by atoms with Crippen LogP contribution < -0.4 is 10.6 Å². The van der Waals surface area contributed by atoms with Gasteiger partial charge in [0.1, 0.15) is 0 Å². The first-order valence-corrected chi connectivity index (χ1v) is 11.2. The van der Waals surface area contributed by atoms with E-state index < -0.39 is 11.6 Å². The highest BCUT2D eigenvalue weighted by Crippen LogP contribution is 2.39. The Bertz CT molecular complexity index is 1420. The minimum atomic E-state index is -0.713. The van der Waals surface area contributed by atoms with Crippen LogP contribution in [0.2, 0.25) is 0 Å². The van der Waals surface area contributed by atoms with Crippen molar-refractivity contribution in [2.75, 3.05) is 5.32 Å². The Labute approximate surface area is 198 Å². The molecule has 1 aliphatic rings. The predicted molar refractivity (Wildman–Crippen MR) is 127 cm³/mol. The van der Waals surface area contributed by atoms with Gasteiger partial charge in [0.2, 0.25) is 0 Å². The van der Waals surface area contributed by atoms with Crippen LogP contribution in [-0.2, 0) is 6.54 Å². The van der Waals surface area contributed by atoms with Crippen molar-refractivity contribution in [3.63, 3.8) is 0 Å². The molecule has 8 heteroatoms. The van der Waals surface area contributed by atoms with Gasteiger partial charge in [0.05, 0.1) is 16.9 Å². The van der Waals surface area contributed by atoms with Gasteiger partial charge in [-0.1, -0.05) is 30.0 Å². The molecule has 0 saturated heterocycles. The average molecular weight is 472 g/mol. The molecule has 1 aromatic heterocycles. The average Bonchev–Trinajstić information content (AvgIpc) is 2.99. The zero-order valence-electron chi connectivity index (χ0n) is 17.7. The molecule has 0 saturated carbocycles. The zero-order chi connectivity index (χ0) is 23.7. The van der Waals surface area contributed by atoms with E-state index in [4.69, 9.17) is 0 Å². The number of benzene rings is 3. The molecule has 0 bridgehead atoms. The summed E-state index contributed by atoms with van der Waals surface area (Å²) >= 11 is 1.48. The third-order valence-electron chi connectivity index (χ3n) is 5.36. The highest BCUT2D eigenvalue weighted by Gasteiger charge is 2.20. The van der Waals surface area contributed by atoms with E-state index >= 15 is 0 Å². The summed E-state index contributed by atoms with van der Waals surface area (Å²) in [6, 6.07) is 20.2. The SMILES string of the molecule is O=C(NCc1ccc(-c2ccc(O)c(F)c2)nc1)c1ccc2c(c1)NC(=O)c1ccccc1S2. The van der Waals surface area contributed by atoms with E-state index in [-0.39, 0.29) is 18.4 Å². The first-order chi connectivity index (χ1) is 16.5. The van der Waals surface area contributed by atoms with Gasteiger partial charge in [-0.3, -0.25) is 14.6 Å². The first-order valence-electron chi connectivity index (χ1n) is 10.4. The fourth-order valence-corrected chi connectivity index (χ4v) is 4.57. The van der Waals surface area contributed by atoms with E-state index in [0.717, 1.165) is 15.4 Å². The van der Waals surface area contributed by atoms with Gasteiger partial charge >= 0.3 is 0 Å². The molecule has 168 valence electrons. The molecule has 4 aromatic rings.